The molecule has 0 aliphatic heterocycles. The Morgan fingerprint density at radius 3 is 2.00 bits per heavy atom. The Bertz CT molecular complexity index is 206. The van der Waals surface area contributed by atoms with Crippen LogP contribution in [0.25, 0.3) is 0 Å². The van der Waals surface area contributed by atoms with Crippen LogP contribution >= 0.6 is 0 Å². The van der Waals surface area contributed by atoms with Gasteiger partial charge in [0.05, 0.1) is 5.69 Å². The zero-order valence-corrected chi connectivity index (χ0v) is 11.2. The molecule has 0 radical (unpaired) electrons. The van der Waals surface area contributed by atoms with E-state index in [9.17, 15) is 0 Å². The van der Waals surface area contributed by atoms with Gasteiger partial charge in [0, 0.05) is 12.7 Å². The average Bonchev–Trinajstić information content (AvgIpc) is 2.70. The predicted molar refractivity (Wildman–Crippen MR) is 67.0 cm³/mol. The lowest BCUT2D eigenvalue weighted by molar-refractivity contribution is 0.626. The Labute approximate surface area is 94.9 Å². The summed E-state index contributed by atoms with van der Waals surface area (Å²) in [6, 6.07) is 0. The van der Waals surface area contributed by atoms with Crippen molar-refractivity contribution < 1.29 is 0 Å². The van der Waals surface area contributed by atoms with Crippen molar-refractivity contribution in [3.8, 4) is 0 Å². The van der Waals surface area contributed by atoms with Crippen LogP contribution in [-0.4, -0.2) is 15.0 Å². The third kappa shape index (κ3) is 9.44. The molecule has 0 bridgehead atoms. The van der Waals surface area contributed by atoms with E-state index in [-0.39, 0.29) is 0 Å². The molecule has 3 heteroatoms. The molecule has 0 unspecified atom stereocenters. The molecule has 0 aromatic carbocycles. The number of nitrogens with zero attached hydrogens (tertiary/aromatic N) is 3. The highest BCUT2D eigenvalue weighted by atomic mass is 15.4. The third-order valence-corrected chi connectivity index (χ3v) is 1.42. The van der Waals surface area contributed by atoms with Gasteiger partial charge in [-0.2, -0.15) is 0 Å². The molecule has 0 aliphatic carbocycles. The van der Waals surface area contributed by atoms with E-state index in [2.05, 4.69) is 38.0 Å². The van der Waals surface area contributed by atoms with Crippen molar-refractivity contribution >= 4 is 0 Å². The van der Waals surface area contributed by atoms with E-state index in [1.54, 1.807) is 0 Å². The van der Waals surface area contributed by atoms with Crippen molar-refractivity contribution in [1.82, 2.24) is 15.0 Å². The van der Waals surface area contributed by atoms with Gasteiger partial charge in [-0.25, -0.2) is 0 Å². The van der Waals surface area contributed by atoms with E-state index in [0.29, 0.717) is 0 Å². The van der Waals surface area contributed by atoms with Crippen LogP contribution in [0.2, 0.25) is 0 Å². The van der Waals surface area contributed by atoms with Gasteiger partial charge in [-0.1, -0.05) is 52.7 Å². The van der Waals surface area contributed by atoms with Gasteiger partial charge < -0.3 is 0 Å². The second-order valence-corrected chi connectivity index (χ2v) is 3.02. The van der Waals surface area contributed by atoms with Crippen LogP contribution in [0.15, 0.2) is 6.20 Å². The van der Waals surface area contributed by atoms with Crippen LogP contribution in [-0.2, 0) is 13.0 Å². The first-order valence-electron chi connectivity index (χ1n) is 6.17. The Balaban J connectivity index is 0. The molecule has 0 saturated carbocycles. The molecule has 0 atom stereocenters. The minimum atomic E-state index is 0.913. The number of hydrogen-bond donors (Lipinski definition) is 0. The van der Waals surface area contributed by atoms with Gasteiger partial charge in [0.1, 0.15) is 0 Å². The molecule has 1 aromatic heterocycles. The van der Waals surface area contributed by atoms with Gasteiger partial charge >= 0.3 is 0 Å². The molecule has 0 saturated heterocycles. The fourth-order valence-corrected chi connectivity index (χ4v) is 0.864. The maximum Gasteiger partial charge on any atom is 0.0827 e. The molecule has 1 rings (SSSR count). The molecule has 0 N–H and O–H groups in total. The normalized spacial score (nSPS) is 8.40. The summed E-state index contributed by atoms with van der Waals surface area (Å²) in [5.41, 5.74) is 1.10. The van der Waals surface area contributed by atoms with Crippen molar-refractivity contribution in [2.45, 2.75) is 67.3 Å². The van der Waals surface area contributed by atoms with Gasteiger partial charge in [-0.15, -0.1) is 5.10 Å². The van der Waals surface area contributed by atoms with E-state index in [4.69, 9.17) is 0 Å². The fraction of sp³-hybridized carbons (Fsp3) is 0.833. The van der Waals surface area contributed by atoms with E-state index in [0.717, 1.165) is 25.1 Å². The number of rotatable bonds is 3. The Kier molecular flexibility index (Phi) is 14.5. The monoisotopic (exact) mass is 213 g/mol. The number of aromatic nitrogens is 3. The maximum atomic E-state index is 3.99. The smallest absolute Gasteiger partial charge is 0.0827 e. The molecular weight excluding hydrogens is 186 g/mol. The second kappa shape index (κ2) is 13.1. The summed E-state index contributed by atoms with van der Waals surface area (Å²) in [4.78, 5) is 0. The number of aryl methyl sites for hydroxylation is 2. The van der Waals surface area contributed by atoms with Crippen molar-refractivity contribution in [1.29, 1.82) is 0 Å². The van der Waals surface area contributed by atoms with Crippen LogP contribution < -0.4 is 0 Å². The quantitative estimate of drug-likeness (QED) is 0.766. The predicted octanol–water partition coefficient (Wildman–Crippen LogP) is 3.69. The molecule has 0 spiro atoms. The third-order valence-electron chi connectivity index (χ3n) is 1.42. The van der Waals surface area contributed by atoms with Crippen molar-refractivity contribution in [3.05, 3.63) is 11.9 Å². The molecule has 1 heterocycles. The summed E-state index contributed by atoms with van der Waals surface area (Å²) < 4.78 is 1.85. The van der Waals surface area contributed by atoms with E-state index in [1.165, 1.54) is 6.42 Å². The molecule has 3 nitrogen and oxygen atoms in total. The second-order valence-electron chi connectivity index (χ2n) is 3.02. The molecule has 0 fully saturated rings. The minimum absolute atomic E-state index is 0.913. The Morgan fingerprint density at radius 1 is 1.13 bits per heavy atom. The highest BCUT2D eigenvalue weighted by Gasteiger charge is 1.95. The summed E-state index contributed by atoms with van der Waals surface area (Å²) in [7, 11) is 0. The van der Waals surface area contributed by atoms with Crippen molar-refractivity contribution in [2.75, 3.05) is 0 Å². The van der Waals surface area contributed by atoms with Gasteiger partial charge in [0.2, 0.25) is 0 Å². The lowest BCUT2D eigenvalue weighted by Crippen LogP contribution is -1.93. The summed E-state index contributed by atoms with van der Waals surface area (Å²) in [5.74, 6) is 0. The lowest BCUT2D eigenvalue weighted by Gasteiger charge is -1.88. The zero-order chi connectivity index (χ0) is 12.1. The van der Waals surface area contributed by atoms with Crippen LogP contribution in [0.1, 0.15) is 60.1 Å². The van der Waals surface area contributed by atoms with Crippen LogP contribution in [0, 0.1) is 0 Å². The van der Waals surface area contributed by atoms with E-state index >= 15 is 0 Å². The molecule has 90 valence electrons. The molecular formula is C12H27N3. The minimum Gasteiger partial charge on any atom is -0.253 e. The maximum absolute atomic E-state index is 3.99. The zero-order valence-electron chi connectivity index (χ0n) is 11.2. The molecule has 0 amide bonds. The highest BCUT2D eigenvalue weighted by Crippen LogP contribution is 1.96. The van der Waals surface area contributed by atoms with Gasteiger partial charge in [-0.05, 0) is 13.3 Å². The standard InChI is InChI=1S/C7H13N3.C3H8.C2H6/c1-3-5-7-6-10(4-2)9-8-7;1-3-2;1-2/h6H,3-5H2,1-2H3;3H2,1-2H3;1-2H3. The Morgan fingerprint density at radius 2 is 1.67 bits per heavy atom. The summed E-state index contributed by atoms with van der Waals surface area (Å²) in [6.07, 6.45) is 5.44. The van der Waals surface area contributed by atoms with Crippen molar-refractivity contribution in [3.63, 3.8) is 0 Å². The fourth-order valence-electron chi connectivity index (χ4n) is 0.864. The Hall–Kier alpha value is -0.860. The van der Waals surface area contributed by atoms with Crippen LogP contribution in [0.3, 0.4) is 0 Å². The average molecular weight is 213 g/mol. The SMILES string of the molecule is CC.CCC.CCCc1cn(CC)nn1. The summed E-state index contributed by atoms with van der Waals surface area (Å²) >= 11 is 0. The summed E-state index contributed by atoms with van der Waals surface area (Å²) in [6.45, 7) is 13.4. The van der Waals surface area contributed by atoms with Gasteiger partial charge in [0.25, 0.3) is 0 Å². The molecule has 0 aliphatic rings. The van der Waals surface area contributed by atoms with E-state index < -0.39 is 0 Å². The topological polar surface area (TPSA) is 30.7 Å². The van der Waals surface area contributed by atoms with Crippen LogP contribution in [0.4, 0.5) is 0 Å². The largest absolute Gasteiger partial charge is 0.253 e. The van der Waals surface area contributed by atoms with Crippen molar-refractivity contribution in [2.24, 2.45) is 0 Å². The van der Waals surface area contributed by atoms with Crippen LogP contribution in [0.5, 0.6) is 0 Å². The van der Waals surface area contributed by atoms with Gasteiger partial charge in [0.15, 0.2) is 0 Å². The first-order valence-corrected chi connectivity index (χ1v) is 6.17. The first kappa shape index (κ1) is 16.6. The molecule has 15 heavy (non-hydrogen) atoms. The highest BCUT2D eigenvalue weighted by molar-refractivity contribution is 4.91. The number of hydrogen-bond acceptors (Lipinski definition) is 2. The summed E-state index contributed by atoms with van der Waals surface area (Å²) in [5, 5.41) is 7.91. The van der Waals surface area contributed by atoms with Gasteiger partial charge in [-0.3, -0.25) is 4.68 Å². The van der Waals surface area contributed by atoms with E-state index in [1.807, 2.05) is 24.7 Å². The molecule has 1 aromatic rings. The first-order chi connectivity index (χ1) is 7.28. The lowest BCUT2D eigenvalue weighted by atomic mass is 10.3.